The van der Waals surface area contributed by atoms with E-state index in [1.807, 2.05) is 29.8 Å². The van der Waals surface area contributed by atoms with Crippen LogP contribution in [0.15, 0.2) is 76.5 Å². The molecule has 28 heavy (non-hydrogen) atoms. The van der Waals surface area contributed by atoms with Gasteiger partial charge in [0.05, 0.1) is 6.33 Å². The van der Waals surface area contributed by atoms with Crippen LogP contribution in [0.4, 0.5) is 5.69 Å². The van der Waals surface area contributed by atoms with Crippen molar-refractivity contribution in [2.75, 3.05) is 11.9 Å². The van der Waals surface area contributed by atoms with Crippen molar-refractivity contribution in [2.45, 2.75) is 6.92 Å². The highest BCUT2D eigenvalue weighted by atomic mass is 16.5. The molecule has 0 aliphatic heterocycles. The monoisotopic (exact) mass is 375 g/mol. The Balaban J connectivity index is 1.39. The summed E-state index contributed by atoms with van der Waals surface area (Å²) in [6.45, 7) is 1.70. The molecule has 0 unspecified atom stereocenters. The molecule has 1 N–H and O–H groups in total. The molecular formula is C21H17N3O4. The Bertz CT molecular complexity index is 1180. The van der Waals surface area contributed by atoms with Gasteiger partial charge in [-0.25, -0.2) is 9.78 Å². The smallest absolute Gasteiger partial charge is 0.336 e. The van der Waals surface area contributed by atoms with E-state index in [9.17, 15) is 9.59 Å². The number of carbonyl (C=O) groups excluding carboxylic acids is 1. The van der Waals surface area contributed by atoms with Crippen LogP contribution in [0.2, 0.25) is 0 Å². The summed E-state index contributed by atoms with van der Waals surface area (Å²) in [7, 11) is 0. The van der Waals surface area contributed by atoms with E-state index in [2.05, 4.69) is 10.3 Å². The van der Waals surface area contributed by atoms with E-state index in [0.717, 1.165) is 16.6 Å². The molecule has 0 spiro atoms. The summed E-state index contributed by atoms with van der Waals surface area (Å²) in [5, 5.41) is 3.56. The van der Waals surface area contributed by atoms with Crippen molar-refractivity contribution in [3.63, 3.8) is 0 Å². The third kappa shape index (κ3) is 3.78. The molecular weight excluding hydrogens is 358 g/mol. The van der Waals surface area contributed by atoms with Crippen LogP contribution in [-0.2, 0) is 4.79 Å². The zero-order valence-corrected chi connectivity index (χ0v) is 15.1. The number of anilines is 1. The highest BCUT2D eigenvalue weighted by molar-refractivity contribution is 5.94. The second-order valence-electron chi connectivity index (χ2n) is 6.26. The highest BCUT2D eigenvalue weighted by Crippen LogP contribution is 2.21. The lowest BCUT2D eigenvalue weighted by Gasteiger charge is -2.09. The summed E-state index contributed by atoms with van der Waals surface area (Å²) in [5.41, 5.74) is 2.31. The number of carbonyl (C=O) groups is 1. The number of aryl methyl sites for hydroxylation is 1. The number of aromatic nitrogens is 2. The lowest BCUT2D eigenvalue weighted by molar-refractivity contribution is -0.118. The largest absolute Gasteiger partial charge is 0.484 e. The molecule has 1 amide bonds. The van der Waals surface area contributed by atoms with Crippen molar-refractivity contribution in [2.24, 2.45) is 0 Å². The van der Waals surface area contributed by atoms with Crippen molar-refractivity contribution in [1.82, 2.24) is 9.55 Å². The zero-order valence-electron chi connectivity index (χ0n) is 15.1. The van der Waals surface area contributed by atoms with Crippen LogP contribution in [-0.4, -0.2) is 22.1 Å². The summed E-state index contributed by atoms with van der Waals surface area (Å²) < 4.78 is 12.6. The fourth-order valence-electron chi connectivity index (χ4n) is 2.87. The molecule has 0 bridgehead atoms. The lowest BCUT2D eigenvalue weighted by Crippen LogP contribution is -2.20. The van der Waals surface area contributed by atoms with Gasteiger partial charge in [0.1, 0.15) is 11.3 Å². The van der Waals surface area contributed by atoms with Gasteiger partial charge in [0.2, 0.25) is 0 Å². The average molecular weight is 375 g/mol. The maximum atomic E-state index is 12.2. The van der Waals surface area contributed by atoms with Gasteiger partial charge in [-0.15, -0.1) is 0 Å². The quantitative estimate of drug-likeness (QED) is 0.541. The Kier molecular flexibility index (Phi) is 4.63. The molecule has 140 valence electrons. The van der Waals surface area contributed by atoms with Crippen molar-refractivity contribution in [3.05, 3.63) is 83.2 Å². The zero-order chi connectivity index (χ0) is 19.5. The van der Waals surface area contributed by atoms with Crippen LogP contribution in [0, 0.1) is 6.92 Å². The summed E-state index contributed by atoms with van der Waals surface area (Å²) >= 11 is 0. The van der Waals surface area contributed by atoms with Crippen LogP contribution >= 0.6 is 0 Å². The van der Waals surface area contributed by atoms with Gasteiger partial charge >= 0.3 is 5.63 Å². The molecule has 2 aromatic carbocycles. The SMILES string of the molecule is Cc1cc(=O)oc2cc(NC(=O)COc3ccc(-n4ccnc4)cc3)ccc12. The van der Waals surface area contributed by atoms with E-state index in [1.165, 1.54) is 6.07 Å². The number of hydrogen-bond acceptors (Lipinski definition) is 5. The van der Waals surface area contributed by atoms with Gasteiger partial charge in [-0.05, 0) is 48.9 Å². The normalized spacial score (nSPS) is 10.8. The Hall–Kier alpha value is -3.87. The van der Waals surface area contributed by atoms with Gasteiger partial charge in [0.25, 0.3) is 5.91 Å². The minimum absolute atomic E-state index is 0.139. The van der Waals surface area contributed by atoms with E-state index < -0.39 is 5.63 Å². The van der Waals surface area contributed by atoms with Crippen molar-refractivity contribution in [3.8, 4) is 11.4 Å². The molecule has 4 rings (SSSR count). The molecule has 0 fully saturated rings. The maximum absolute atomic E-state index is 12.2. The number of hydrogen-bond donors (Lipinski definition) is 1. The number of benzene rings is 2. The van der Waals surface area contributed by atoms with Gasteiger partial charge in [0.15, 0.2) is 6.61 Å². The molecule has 0 aliphatic carbocycles. The summed E-state index contributed by atoms with van der Waals surface area (Å²) in [4.78, 5) is 27.7. The molecule has 0 saturated heterocycles. The Morgan fingerprint density at radius 2 is 2.00 bits per heavy atom. The average Bonchev–Trinajstić information content (AvgIpc) is 3.21. The fraction of sp³-hybridized carbons (Fsp3) is 0.0952. The number of nitrogens with one attached hydrogen (secondary N) is 1. The molecule has 2 heterocycles. The van der Waals surface area contributed by atoms with Gasteiger partial charge < -0.3 is 19.0 Å². The second kappa shape index (κ2) is 7.40. The third-order valence-electron chi connectivity index (χ3n) is 4.24. The molecule has 0 aliphatic rings. The van der Waals surface area contributed by atoms with Crippen LogP contribution in [0.5, 0.6) is 5.75 Å². The summed E-state index contributed by atoms with van der Waals surface area (Å²) in [6.07, 6.45) is 5.25. The number of ether oxygens (including phenoxy) is 1. The van der Waals surface area contributed by atoms with Crippen LogP contribution in [0.25, 0.3) is 16.7 Å². The van der Waals surface area contributed by atoms with E-state index in [-0.39, 0.29) is 12.5 Å². The number of fused-ring (bicyclic) bond motifs is 1. The molecule has 0 radical (unpaired) electrons. The first kappa shape index (κ1) is 17.5. The van der Waals surface area contributed by atoms with Gasteiger partial charge in [-0.2, -0.15) is 0 Å². The fourth-order valence-corrected chi connectivity index (χ4v) is 2.87. The predicted molar refractivity (Wildman–Crippen MR) is 105 cm³/mol. The number of amides is 1. The van der Waals surface area contributed by atoms with E-state index in [0.29, 0.717) is 17.0 Å². The minimum Gasteiger partial charge on any atom is -0.484 e. The Morgan fingerprint density at radius 1 is 1.18 bits per heavy atom. The number of rotatable bonds is 5. The van der Waals surface area contributed by atoms with Crippen LogP contribution in [0.3, 0.4) is 0 Å². The molecule has 4 aromatic rings. The molecule has 0 saturated carbocycles. The molecule has 7 nitrogen and oxygen atoms in total. The van der Waals surface area contributed by atoms with Crippen LogP contribution in [0.1, 0.15) is 5.56 Å². The van der Waals surface area contributed by atoms with E-state index in [4.69, 9.17) is 9.15 Å². The van der Waals surface area contributed by atoms with Crippen molar-refractivity contribution >= 4 is 22.6 Å². The Labute approximate surface area is 160 Å². The molecule has 7 heteroatoms. The third-order valence-corrected chi connectivity index (χ3v) is 4.24. The maximum Gasteiger partial charge on any atom is 0.336 e. The van der Waals surface area contributed by atoms with E-state index in [1.54, 1.807) is 42.9 Å². The van der Waals surface area contributed by atoms with Crippen molar-refractivity contribution < 1.29 is 13.9 Å². The van der Waals surface area contributed by atoms with Crippen molar-refractivity contribution in [1.29, 1.82) is 0 Å². The summed E-state index contributed by atoms with van der Waals surface area (Å²) in [5.74, 6) is 0.271. The predicted octanol–water partition coefficient (Wildman–Crippen LogP) is 3.30. The first-order valence-corrected chi connectivity index (χ1v) is 8.64. The van der Waals surface area contributed by atoms with Gasteiger partial charge in [-0.3, -0.25) is 4.79 Å². The highest BCUT2D eigenvalue weighted by Gasteiger charge is 2.07. The summed E-state index contributed by atoms with van der Waals surface area (Å²) in [6, 6.07) is 14.0. The standard InChI is InChI=1S/C21H17N3O4/c1-14-10-21(26)28-19-11-15(2-7-18(14)19)23-20(25)12-27-17-5-3-16(4-6-17)24-9-8-22-13-24/h2-11,13H,12H2,1H3,(H,23,25). The molecule has 2 aromatic heterocycles. The number of nitrogens with zero attached hydrogens (tertiary/aromatic N) is 2. The minimum atomic E-state index is -0.420. The van der Waals surface area contributed by atoms with Gasteiger partial charge in [-0.1, -0.05) is 0 Å². The topological polar surface area (TPSA) is 86.4 Å². The first-order valence-electron chi connectivity index (χ1n) is 8.64. The first-order chi connectivity index (χ1) is 13.6. The Morgan fingerprint density at radius 3 is 2.75 bits per heavy atom. The molecule has 0 atom stereocenters. The van der Waals surface area contributed by atoms with Crippen LogP contribution < -0.4 is 15.7 Å². The lowest BCUT2D eigenvalue weighted by atomic mass is 10.1. The second-order valence-corrected chi connectivity index (χ2v) is 6.26. The van der Waals surface area contributed by atoms with E-state index >= 15 is 0 Å². The number of imidazole rings is 1. The van der Waals surface area contributed by atoms with Gasteiger partial charge in [0, 0.05) is 41.3 Å².